The lowest BCUT2D eigenvalue weighted by Gasteiger charge is -2.38. The maximum atomic E-state index is 12.4. The zero-order valence-corrected chi connectivity index (χ0v) is 15.6. The summed E-state index contributed by atoms with van der Waals surface area (Å²) in [7, 11) is 0. The summed E-state index contributed by atoms with van der Waals surface area (Å²) in [6.45, 7) is 3.96. The lowest BCUT2D eigenvalue weighted by atomic mass is 9.78. The molecule has 1 aromatic rings. The van der Waals surface area contributed by atoms with Crippen LogP contribution in [0, 0.1) is 5.41 Å². The van der Waals surface area contributed by atoms with Crippen LogP contribution in [-0.2, 0) is 17.6 Å². The number of amides is 2. The zero-order valence-electron chi connectivity index (χ0n) is 14.7. The van der Waals surface area contributed by atoms with E-state index in [0.29, 0.717) is 5.41 Å². The van der Waals surface area contributed by atoms with Crippen LogP contribution in [-0.4, -0.2) is 49.4 Å². The fourth-order valence-corrected chi connectivity index (χ4v) is 5.58. The Bertz CT molecular complexity index is 630. The second-order valence-corrected chi connectivity index (χ2v) is 8.89. The third-order valence-electron chi connectivity index (χ3n) is 6.13. The molecule has 1 aromatic heterocycles. The molecule has 136 valence electrons. The summed E-state index contributed by atoms with van der Waals surface area (Å²) >= 11 is 1.60. The Kier molecular flexibility index (Phi) is 4.82. The molecule has 1 aliphatic carbocycles. The summed E-state index contributed by atoms with van der Waals surface area (Å²) in [5.74, 6) is -0.0447. The van der Waals surface area contributed by atoms with Crippen molar-refractivity contribution in [3.8, 4) is 0 Å². The zero-order chi connectivity index (χ0) is 17.3. The predicted molar refractivity (Wildman–Crippen MR) is 99.0 cm³/mol. The topological polar surface area (TPSA) is 61.4 Å². The monoisotopic (exact) mass is 361 g/mol. The second-order valence-electron chi connectivity index (χ2n) is 7.76. The summed E-state index contributed by atoms with van der Waals surface area (Å²) in [6, 6.07) is 2.02. The van der Waals surface area contributed by atoms with Gasteiger partial charge in [0.25, 0.3) is 5.91 Å². The van der Waals surface area contributed by atoms with Crippen LogP contribution >= 0.6 is 11.3 Å². The van der Waals surface area contributed by atoms with Gasteiger partial charge in [-0.25, -0.2) is 0 Å². The number of thiophene rings is 1. The standard InChI is InChI=1S/C19H27N3O2S/c23-17(22-9-6-19(7-10-22)5-8-20-13-19)12-21-18(24)16-11-14-3-1-2-4-15(14)25-16/h11,20H,1-10,12-13H2,(H,21,24). The van der Waals surface area contributed by atoms with Gasteiger partial charge in [-0.3, -0.25) is 9.59 Å². The van der Waals surface area contributed by atoms with E-state index in [1.165, 1.54) is 29.7 Å². The van der Waals surface area contributed by atoms with Crippen molar-refractivity contribution in [2.75, 3.05) is 32.7 Å². The third-order valence-corrected chi connectivity index (χ3v) is 7.37. The average Bonchev–Trinajstić information content (AvgIpc) is 3.27. The number of fused-ring (bicyclic) bond motifs is 1. The number of nitrogens with one attached hydrogen (secondary N) is 2. The van der Waals surface area contributed by atoms with Crippen LogP contribution in [0.2, 0.25) is 0 Å². The van der Waals surface area contributed by atoms with E-state index < -0.39 is 0 Å². The molecule has 4 rings (SSSR count). The lowest BCUT2D eigenvalue weighted by molar-refractivity contribution is -0.132. The van der Waals surface area contributed by atoms with Crippen molar-refractivity contribution in [2.45, 2.75) is 44.9 Å². The van der Waals surface area contributed by atoms with Gasteiger partial charge in [-0.05, 0) is 68.5 Å². The Morgan fingerprint density at radius 3 is 2.72 bits per heavy atom. The molecule has 3 heterocycles. The fourth-order valence-electron chi connectivity index (χ4n) is 4.41. The first-order valence-electron chi connectivity index (χ1n) is 9.54. The number of likely N-dealkylation sites (tertiary alicyclic amines) is 1. The fraction of sp³-hybridized carbons (Fsp3) is 0.684. The molecule has 2 aliphatic heterocycles. The van der Waals surface area contributed by atoms with Gasteiger partial charge in [-0.2, -0.15) is 0 Å². The van der Waals surface area contributed by atoms with Crippen LogP contribution in [0.15, 0.2) is 6.07 Å². The van der Waals surface area contributed by atoms with Crippen molar-refractivity contribution < 1.29 is 9.59 Å². The Hall–Kier alpha value is -1.40. The van der Waals surface area contributed by atoms with Gasteiger partial charge in [0.15, 0.2) is 0 Å². The highest BCUT2D eigenvalue weighted by Crippen LogP contribution is 2.36. The molecular weight excluding hydrogens is 334 g/mol. The van der Waals surface area contributed by atoms with Crippen molar-refractivity contribution in [3.63, 3.8) is 0 Å². The molecule has 25 heavy (non-hydrogen) atoms. The highest BCUT2D eigenvalue weighted by Gasteiger charge is 2.37. The normalized spacial score (nSPS) is 22.0. The average molecular weight is 362 g/mol. The first kappa shape index (κ1) is 17.0. The minimum atomic E-state index is -0.0961. The Labute approximate surface area is 153 Å². The molecule has 0 radical (unpaired) electrons. The van der Waals surface area contributed by atoms with E-state index in [1.807, 2.05) is 11.0 Å². The van der Waals surface area contributed by atoms with Crippen LogP contribution in [0.1, 0.15) is 52.2 Å². The Balaban J connectivity index is 1.27. The molecule has 2 saturated heterocycles. The maximum Gasteiger partial charge on any atom is 0.261 e. The van der Waals surface area contributed by atoms with Crippen LogP contribution in [0.25, 0.3) is 0 Å². The molecule has 0 saturated carbocycles. The minimum absolute atomic E-state index is 0.0514. The number of nitrogens with zero attached hydrogens (tertiary/aromatic N) is 1. The molecule has 0 aromatic carbocycles. The van der Waals surface area contributed by atoms with Gasteiger partial charge in [0.1, 0.15) is 0 Å². The minimum Gasteiger partial charge on any atom is -0.342 e. The Morgan fingerprint density at radius 2 is 2.00 bits per heavy atom. The van der Waals surface area contributed by atoms with Crippen molar-refractivity contribution in [1.82, 2.24) is 15.5 Å². The summed E-state index contributed by atoms with van der Waals surface area (Å²) in [5.41, 5.74) is 1.75. The third kappa shape index (κ3) is 3.60. The van der Waals surface area contributed by atoms with Crippen molar-refractivity contribution >= 4 is 23.2 Å². The van der Waals surface area contributed by atoms with Crippen LogP contribution < -0.4 is 10.6 Å². The molecule has 2 amide bonds. The van der Waals surface area contributed by atoms with Crippen LogP contribution in [0.3, 0.4) is 0 Å². The first-order chi connectivity index (χ1) is 12.2. The van der Waals surface area contributed by atoms with Crippen molar-refractivity contribution in [3.05, 3.63) is 21.4 Å². The number of rotatable bonds is 3. The van der Waals surface area contributed by atoms with Gasteiger partial charge in [-0.1, -0.05) is 0 Å². The molecule has 2 N–H and O–H groups in total. The number of hydrogen-bond donors (Lipinski definition) is 2. The largest absolute Gasteiger partial charge is 0.342 e. The van der Waals surface area contributed by atoms with E-state index in [9.17, 15) is 9.59 Å². The van der Waals surface area contributed by atoms with E-state index in [-0.39, 0.29) is 18.4 Å². The molecule has 0 bridgehead atoms. The Morgan fingerprint density at radius 1 is 1.20 bits per heavy atom. The van der Waals surface area contributed by atoms with Gasteiger partial charge < -0.3 is 15.5 Å². The molecule has 3 aliphatic rings. The number of aryl methyl sites for hydroxylation is 2. The highest BCUT2D eigenvalue weighted by molar-refractivity contribution is 7.14. The van der Waals surface area contributed by atoms with Gasteiger partial charge in [0.05, 0.1) is 11.4 Å². The van der Waals surface area contributed by atoms with Crippen molar-refractivity contribution in [1.29, 1.82) is 0 Å². The van der Waals surface area contributed by atoms with Crippen molar-refractivity contribution in [2.24, 2.45) is 5.41 Å². The smallest absolute Gasteiger partial charge is 0.261 e. The van der Waals surface area contributed by atoms with Gasteiger partial charge in [0.2, 0.25) is 5.91 Å². The molecule has 2 fully saturated rings. The van der Waals surface area contributed by atoms with Crippen LogP contribution in [0.5, 0.6) is 0 Å². The molecule has 5 nitrogen and oxygen atoms in total. The SMILES string of the molecule is O=C(NCC(=O)N1CCC2(CCNC2)CC1)c1cc2c(s1)CCCC2. The van der Waals surface area contributed by atoms with Gasteiger partial charge >= 0.3 is 0 Å². The molecule has 0 atom stereocenters. The second kappa shape index (κ2) is 7.08. The number of carbonyl (C=O) groups is 2. The lowest BCUT2D eigenvalue weighted by Crippen LogP contribution is -2.47. The quantitative estimate of drug-likeness (QED) is 0.865. The maximum absolute atomic E-state index is 12.4. The molecule has 0 unspecified atom stereocenters. The van der Waals surface area contributed by atoms with E-state index in [1.54, 1.807) is 11.3 Å². The summed E-state index contributed by atoms with van der Waals surface area (Å²) in [6.07, 6.45) is 8.01. The summed E-state index contributed by atoms with van der Waals surface area (Å²) in [4.78, 5) is 28.8. The number of piperidine rings is 1. The van der Waals surface area contributed by atoms with E-state index in [0.717, 1.165) is 56.7 Å². The molecular formula is C19H27N3O2S. The van der Waals surface area contributed by atoms with Gasteiger partial charge in [-0.15, -0.1) is 11.3 Å². The molecule has 1 spiro atoms. The highest BCUT2D eigenvalue weighted by atomic mass is 32.1. The van der Waals surface area contributed by atoms with Crippen LogP contribution in [0.4, 0.5) is 0 Å². The van der Waals surface area contributed by atoms with E-state index in [2.05, 4.69) is 10.6 Å². The van der Waals surface area contributed by atoms with E-state index >= 15 is 0 Å². The number of hydrogen-bond acceptors (Lipinski definition) is 4. The predicted octanol–water partition coefficient (Wildman–Crippen LogP) is 1.96. The van der Waals surface area contributed by atoms with E-state index in [4.69, 9.17) is 0 Å². The summed E-state index contributed by atoms with van der Waals surface area (Å²) in [5, 5.41) is 6.28. The summed E-state index contributed by atoms with van der Waals surface area (Å²) < 4.78 is 0. The number of carbonyl (C=O) groups excluding carboxylic acids is 2. The first-order valence-corrected chi connectivity index (χ1v) is 10.4. The van der Waals surface area contributed by atoms with Gasteiger partial charge in [0, 0.05) is 24.5 Å². The molecule has 6 heteroatoms.